The second kappa shape index (κ2) is 10.7. The second-order valence-corrected chi connectivity index (χ2v) is 10.5. The van der Waals surface area contributed by atoms with Crippen LogP contribution in [0.3, 0.4) is 0 Å². The summed E-state index contributed by atoms with van der Waals surface area (Å²) in [5.74, 6) is 0.102. The van der Waals surface area contributed by atoms with Crippen molar-refractivity contribution in [3.63, 3.8) is 0 Å². The zero-order valence-corrected chi connectivity index (χ0v) is 22.3. The molecule has 0 bridgehead atoms. The molecule has 1 N–H and O–H groups in total. The van der Waals surface area contributed by atoms with E-state index in [9.17, 15) is 5.26 Å². The van der Waals surface area contributed by atoms with Gasteiger partial charge in [0.05, 0.1) is 17.9 Å². The standard InChI is InChI=1S/C30H32FN7O/c1-19-6-3-7-20-8-4-10-23(25(19)20)27-26(31)28-24(16-34-27)29(38-15-13-33-21(17-38)11-12-32)36-30(35-28)39-18-22-9-5-14-37(22)2/h3-4,6-8,10,16,21-22,33H,5,9,11,13-15,17-18H2,1-2H3/t21-,22+/m0/s1. The lowest BCUT2D eigenvalue weighted by molar-refractivity contribution is 0.188. The Morgan fingerprint density at radius 3 is 2.82 bits per heavy atom. The van der Waals surface area contributed by atoms with Crippen LogP contribution in [0.25, 0.3) is 32.9 Å². The average molecular weight is 526 g/mol. The van der Waals surface area contributed by atoms with Gasteiger partial charge in [-0.1, -0.05) is 36.4 Å². The van der Waals surface area contributed by atoms with Gasteiger partial charge in [-0.3, -0.25) is 4.98 Å². The Balaban J connectivity index is 1.47. The Morgan fingerprint density at radius 2 is 2.03 bits per heavy atom. The van der Waals surface area contributed by atoms with E-state index in [1.165, 1.54) is 0 Å². The van der Waals surface area contributed by atoms with Gasteiger partial charge in [0, 0.05) is 43.5 Å². The van der Waals surface area contributed by atoms with Gasteiger partial charge >= 0.3 is 6.01 Å². The van der Waals surface area contributed by atoms with Crippen LogP contribution in [0.4, 0.5) is 10.2 Å². The number of hydrogen-bond acceptors (Lipinski definition) is 8. The van der Waals surface area contributed by atoms with E-state index in [4.69, 9.17) is 9.72 Å². The number of rotatable bonds is 6. The fraction of sp³-hybridized carbons (Fsp3) is 0.400. The Hall–Kier alpha value is -3.87. The average Bonchev–Trinajstić information content (AvgIpc) is 3.36. The van der Waals surface area contributed by atoms with Gasteiger partial charge in [-0.15, -0.1) is 0 Å². The fourth-order valence-electron chi connectivity index (χ4n) is 5.87. The summed E-state index contributed by atoms with van der Waals surface area (Å²) in [4.78, 5) is 18.4. The summed E-state index contributed by atoms with van der Waals surface area (Å²) >= 11 is 0. The van der Waals surface area contributed by atoms with Crippen molar-refractivity contribution in [3.8, 4) is 23.3 Å². The van der Waals surface area contributed by atoms with Crippen molar-refractivity contribution < 1.29 is 9.13 Å². The first kappa shape index (κ1) is 25.4. The maximum absolute atomic E-state index is 16.5. The Bertz CT molecular complexity index is 1560. The number of pyridine rings is 1. The van der Waals surface area contributed by atoms with Crippen LogP contribution in [0.1, 0.15) is 24.8 Å². The smallest absolute Gasteiger partial charge is 0.319 e. The first-order chi connectivity index (χ1) is 19.0. The highest BCUT2D eigenvalue weighted by atomic mass is 19.1. The number of nitrogens with one attached hydrogen (secondary N) is 1. The number of likely N-dealkylation sites (tertiary alicyclic amines) is 1. The minimum absolute atomic E-state index is 0.000935. The van der Waals surface area contributed by atoms with Gasteiger partial charge in [0.2, 0.25) is 0 Å². The van der Waals surface area contributed by atoms with E-state index in [-0.39, 0.29) is 29.3 Å². The molecule has 2 aliphatic heterocycles. The number of aromatic nitrogens is 3. The lowest BCUT2D eigenvalue weighted by Gasteiger charge is -2.34. The van der Waals surface area contributed by atoms with Crippen molar-refractivity contribution in [1.29, 1.82) is 5.26 Å². The molecule has 6 rings (SSSR count). The van der Waals surface area contributed by atoms with E-state index in [1.807, 2.05) is 43.3 Å². The molecular weight excluding hydrogens is 493 g/mol. The summed E-state index contributed by atoms with van der Waals surface area (Å²) in [5.41, 5.74) is 2.25. The summed E-state index contributed by atoms with van der Waals surface area (Å²) < 4.78 is 22.6. The number of halogens is 1. The molecule has 2 atom stereocenters. The molecule has 39 heavy (non-hydrogen) atoms. The zero-order chi connectivity index (χ0) is 26.9. The molecule has 2 fully saturated rings. The second-order valence-electron chi connectivity index (χ2n) is 10.5. The number of anilines is 1. The van der Waals surface area contributed by atoms with Crippen LogP contribution in [-0.2, 0) is 0 Å². The lowest BCUT2D eigenvalue weighted by atomic mass is 9.97. The number of ether oxygens (including phenoxy) is 1. The van der Waals surface area contributed by atoms with Gasteiger partial charge in [-0.05, 0) is 49.7 Å². The first-order valence-electron chi connectivity index (χ1n) is 13.6. The number of aryl methyl sites for hydroxylation is 1. The molecule has 4 aromatic rings. The van der Waals surface area contributed by atoms with Crippen molar-refractivity contribution in [3.05, 3.63) is 54.0 Å². The third-order valence-corrected chi connectivity index (χ3v) is 7.98. The SMILES string of the molecule is Cc1cccc2cccc(-c3ncc4c(N5CCN[C@@H](CC#N)C5)nc(OC[C@H]5CCCN5C)nc4c3F)c12. The van der Waals surface area contributed by atoms with Crippen molar-refractivity contribution >= 4 is 27.5 Å². The molecule has 2 aliphatic rings. The van der Waals surface area contributed by atoms with Crippen molar-refractivity contribution in [2.45, 2.75) is 38.3 Å². The van der Waals surface area contributed by atoms with Crippen molar-refractivity contribution in [2.24, 2.45) is 0 Å². The minimum Gasteiger partial charge on any atom is -0.462 e. The Kier molecular flexibility index (Phi) is 6.98. The minimum atomic E-state index is -0.488. The molecule has 2 saturated heterocycles. The molecule has 8 nitrogen and oxygen atoms in total. The van der Waals surface area contributed by atoms with Crippen LogP contribution in [0.5, 0.6) is 6.01 Å². The number of nitrogens with zero attached hydrogens (tertiary/aromatic N) is 6. The molecule has 0 radical (unpaired) electrons. The molecule has 9 heteroatoms. The van der Waals surface area contributed by atoms with E-state index in [1.54, 1.807) is 6.20 Å². The van der Waals surface area contributed by atoms with Crippen LogP contribution in [0.15, 0.2) is 42.6 Å². The third kappa shape index (κ3) is 4.86. The highest BCUT2D eigenvalue weighted by molar-refractivity contribution is 6.00. The molecule has 0 unspecified atom stereocenters. The maximum Gasteiger partial charge on any atom is 0.319 e. The van der Waals surface area contributed by atoms with E-state index < -0.39 is 5.82 Å². The number of nitriles is 1. The molecule has 2 aromatic carbocycles. The van der Waals surface area contributed by atoms with E-state index >= 15 is 4.39 Å². The molecule has 0 aliphatic carbocycles. The number of likely N-dealkylation sites (N-methyl/N-ethyl adjacent to an activating group) is 1. The predicted molar refractivity (Wildman–Crippen MR) is 150 cm³/mol. The summed E-state index contributed by atoms with van der Waals surface area (Å²) in [5, 5.41) is 15.2. The number of hydrogen-bond donors (Lipinski definition) is 1. The van der Waals surface area contributed by atoms with Crippen LogP contribution in [0.2, 0.25) is 0 Å². The van der Waals surface area contributed by atoms with Crippen LogP contribution < -0.4 is 15.0 Å². The van der Waals surface area contributed by atoms with Gasteiger partial charge in [-0.2, -0.15) is 15.2 Å². The summed E-state index contributed by atoms with van der Waals surface area (Å²) in [6.07, 6.45) is 4.24. The fourth-order valence-corrected chi connectivity index (χ4v) is 5.87. The van der Waals surface area contributed by atoms with Crippen molar-refractivity contribution in [1.82, 2.24) is 25.2 Å². The molecule has 200 valence electrons. The monoisotopic (exact) mass is 525 g/mol. The number of benzene rings is 2. The largest absolute Gasteiger partial charge is 0.462 e. The van der Waals surface area contributed by atoms with Gasteiger partial charge in [-0.25, -0.2) is 4.39 Å². The van der Waals surface area contributed by atoms with E-state index in [2.05, 4.69) is 38.2 Å². The van der Waals surface area contributed by atoms with Gasteiger partial charge < -0.3 is 19.9 Å². The summed E-state index contributed by atoms with van der Waals surface area (Å²) in [6.45, 7) is 5.46. The normalized spacial score (nSPS) is 20.0. The number of fused-ring (bicyclic) bond motifs is 2. The van der Waals surface area contributed by atoms with Crippen LogP contribution in [-0.4, -0.2) is 71.8 Å². The predicted octanol–water partition coefficient (Wildman–Crippen LogP) is 4.46. The topological polar surface area (TPSA) is 90.2 Å². The van der Waals surface area contributed by atoms with Crippen molar-refractivity contribution in [2.75, 3.05) is 44.7 Å². The van der Waals surface area contributed by atoms with E-state index in [0.29, 0.717) is 43.9 Å². The molecular formula is C30H32FN7O. The maximum atomic E-state index is 16.5. The van der Waals surface area contributed by atoms with Gasteiger partial charge in [0.15, 0.2) is 5.82 Å². The molecule has 0 amide bonds. The van der Waals surface area contributed by atoms with Crippen LogP contribution in [0, 0.1) is 24.1 Å². The Morgan fingerprint density at radius 1 is 1.18 bits per heavy atom. The highest BCUT2D eigenvalue weighted by Gasteiger charge is 2.27. The Labute approximate surface area is 227 Å². The summed E-state index contributed by atoms with van der Waals surface area (Å²) in [6, 6.07) is 14.6. The molecule has 4 heterocycles. The van der Waals surface area contributed by atoms with Gasteiger partial charge in [0.1, 0.15) is 23.6 Å². The molecule has 0 saturated carbocycles. The molecule has 0 spiro atoms. The van der Waals surface area contributed by atoms with Gasteiger partial charge in [0.25, 0.3) is 0 Å². The summed E-state index contributed by atoms with van der Waals surface area (Å²) in [7, 11) is 2.09. The lowest BCUT2D eigenvalue weighted by Crippen LogP contribution is -2.51. The third-order valence-electron chi connectivity index (χ3n) is 7.98. The highest BCUT2D eigenvalue weighted by Crippen LogP contribution is 2.36. The van der Waals surface area contributed by atoms with Crippen LogP contribution >= 0.6 is 0 Å². The van der Waals surface area contributed by atoms with E-state index in [0.717, 1.165) is 41.3 Å². The quantitative estimate of drug-likeness (QED) is 0.395. The molecule has 2 aromatic heterocycles. The first-order valence-corrected chi connectivity index (χ1v) is 13.6. The number of piperazine rings is 1. The zero-order valence-electron chi connectivity index (χ0n) is 22.3.